The van der Waals surface area contributed by atoms with E-state index in [1.54, 1.807) is 30.3 Å². The van der Waals surface area contributed by atoms with Gasteiger partial charge in [-0.1, -0.05) is 54.6 Å². The number of carbonyl (C=O) groups excluding carboxylic acids is 2. The molecule has 0 saturated heterocycles. The number of carbonyl (C=O) groups is 2. The Balaban J connectivity index is 1.46. The van der Waals surface area contributed by atoms with Gasteiger partial charge in [0.25, 0.3) is 0 Å². The van der Waals surface area contributed by atoms with Gasteiger partial charge >= 0.3 is 0 Å². The van der Waals surface area contributed by atoms with Gasteiger partial charge in [-0.3, -0.25) is 9.59 Å². The molecule has 0 atom stereocenters. The molecule has 0 heterocycles. The van der Waals surface area contributed by atoms with E-state index < -0.39 is 5.91 Å². The first kappa shape index (κ1) is 19.9. The summed E-state index contributed by atoms with van der Waals surface area (Å²) in [5.74, 6) is 0.100. The fraction of sp³-hybridized carbons (Fsp3) is 0.0833. The molecule has 0 bridgehead atoms. The van der Waals surface area contributed by atoms with Crippen LogP contribution in [0.4, 0.5) is 0 Å². The fourth-order valence-electron chi connectivity index (χ4n) is 2.62. The van der Waals surface area contributed by atoms with Crippen molar-refractivity contribution in [3.63, 3.8) is 0 Å². The Hall–Kier alpha value is -3.86. The minimum atomic E-state index is -0.472. The summed E-state index contributed by atoms with van der Waals surface area (Å²) in [7, 11) is 0. The Labute approximate surface area is 169 Å². The van der Waals surface area contributed by atoms with Crippen LogP contribution in [0.15, 0.2) is 84.9 Å². The van der Waals surface area contributed by atoms with Crippen molar-refractivity contribution < 1.29 is 14.3 Å². The summed E-state index contributed by atoms with van der Waals surface area (Å²) in [6.45, 7) is 0.882. The van der Waals surface area contributed by atoms with Gasteiger partial charge in [0.1, 0.15) is 12.4 Å². The van der Waals surface area contributed by atoms with Gasteiger partial charge in [0.2, 0.25) is 11.8 Å². The van der Waals surface area contributed by atoms with Gasteiger partial charge in [0.05, 0.1) is 0 Å². The first-order valence-corrected chi connectivity index (χ1v) is 9.21. The van der Waals surface area contributed by atoms with Crippen molar-refractivity contribution in [2.45, 2.75) is 13.2 Å². The first-order chi connectivity index (χ1) is 14.1. The van der Waals surface area contributed by atoms with Crippen LogP contribution in [-0.2, 0) is 17.9 Å². The number of nitrogens with two attached hydrogens (primary N) is 1. The van der Waals surface area contributed by atoms with Gasteiger partial charge in [-0.05, 0) is 47.0 Å². The second kappa shape index (κ2) is 9.90. The van der Waals surface area contributed by atoms with Crippen LogP contribution in [0.5, 0.6) is 5.75 Å². The summed E-state index contributed by atoms with van der Waals surface area (Å²) < 4.78 is 5.75. The van der Waals surface area contributed by atoms with Gasteiger partial charge < -0.3 is 15.8 Å². The maximum Gasteiger partial charge on any atom is 0.248 e. The molecule has 5 nitrogen and oxygen atoms in total. The normalized spacial score (nSPS) is 10.6. The molecule has 146 valence electrons. The molecule has 3 rings (SSSR count). The van der Waals surface area contributed by atoms with Crippen molar-refractivity contribution in [3.05, 3.63) is 107 Å². The van der Waals surface area contributed by atoms with E-state index in [0.717, 1.165) is 22.4 Å². The number of ether oxygens (including phenoxy) is 1. The standard InChI is InChI=1S/C24H22N2O3/c25-24(28)21-11-6-19(7-12-21)16-26-23(27)15-10-18-8-13-22(14-9-18)29-17-20-4-2-1-3-5-20/h1-15H,16-17H2,(H2,25,28)(H,26,27)/b15-10+. The molecule has 2 amide bonds. The molecule has 0 aliphatic carbocycles. The Morgan fingerprint density at radius 1 is 0.862 bits per heavy atom. The summed E-state index contributed by atoms with van der Waals surface area (Å²) in [5.41, 5.74) is 8.54. The van der Waals surface area contributed by atoms with Gasteiger partial charge in [0.15, 0.2) is 0 Å². The highest BCUT2D eigenvalue weighted by Gasteiger charge is 2.01. The summed E-state index contributed by atoms with van der Waals surface area (Å²) in [5, 5.41) is 2.80. The summed E-state index contributed by atoms with van der Waals surface area (Å²) in [6, 6.07) is 24.3. The second-order valence-electron chi connectivity index (χ2n) is 6.46. The lowest BCUT2D eigenvalue weighted by atomic mass is 10.1. The average Bonchev–Trinajstić information content (AvgIpc) is 2.76. The molecule has 0 aliphatic rings. The van der Waals surface area contributed by atoms with Crippen molar-refractivity contribution in [3.8, 4) is 5.75 Å². The molecule has 3 aromatic carbocycles. The van der Waals surface area contributed by atoms with Crippen LogP contribution in [0.2, 0.25) is 0 Å². The van der Waals surface area contributed by atoms with Crippen molar-refractivity contribution in [1.29, 1.82) is 0 Å². The molecular weight excluding hydrogens is 364 g/mol. The maximum atomic E-state index is 12.0. The van der Waals surface area contributed by atoms with E-state index in [2.05, 4.69) is 5.32 Å². The van der Waals surface area contributed by atoms with Gasteiger partial charge in [-0.2, -0.15) is 0 Å². The molecule has 5 heteroatoms. The Morgan fingerprint density at radius 2 is 1.55 bits per heavy atom. The number of nitrogens with one attached hydrogen (secondary N) is 1. The minimum Gasteiger partial charge on any atom is -0.489 e. The SMILES string of the molecule is NC(=O)c1ccc(CNC(=O)/C=C/c2ccc(OCc3ccccc3)cc2)cc1. The Morgan fingerprint density at radius 3 is 2.21 bits per heavy atom. The molecule has 0 aliphatic heterocycles. The zero-order valence-electron chi connectivity index (χ0n) is 15.9. The van der Waals surface area contributed by atoms with Gasteiger partial charge in [-0.25, -0.2) is 0 Å². The Kier molecular flexibility index (Phi) is 6.79. The predicted molar refractivity (Wildman–Crippen MR) is 113 cm³/mol. The number of primary amides is 1. The van der Waals surface area contributed by atoms with Crippen LogP contribution < -0.4 is 15.8 Å². The van der Waals surface area contributed by atoms with Crippen molar-refractivity contribution in [2.75, 3.05) is 0 Å². The van der Waals surface area contributed by atoms with Crippen LogP contribution in [0, 0.1) is 0 Å². The molecular formula is C24H22N2O3. The van der Waals surface area contributed by atoms with E-state index in [1.165, 1.54) is 6.08 Å². The molecule has 0 unspecified atom stereocenters. The molecule has 0 aromatic heterocycles. The third-order valence-corrected chi connectivity index (χ3v) is 4.26. The van der Waals surface area contributed by atoms with Crippen LogP contribution in [0.3, 0.4) is 0 Å². The van der Waals surface area contributed by atoms with Gasteiger partial charge in [0, 0.05) is 18.2 Å². The lowest BCUT2D eigenvalue weighted by Gasteiger charge is -2.06. The fourth-order valence-corrected chi connectivity index (χ4v) is 2.62. The quantitative estimate of drug-likeness (QED) is 0.579. The second-order valence-corrected chi connectivity index (χ2v) is 6.46. The monoisotopic (exact) mass is 386 g/mol. The highest BCUT2D eigenvalue weighted by Crippen LogP contribution is 2.15. The topological polar surface area (TPSA) is 81.4 Å². The first-order valence-electron chi connectivity index (χ1n) is 9.21. The van der Waals surface area contributed by atoms with Crippen molar-refractivity contribution in [2.24, 2.45) is 5.73 Å². The van der Waals surface area contributed by atoms with E-state index in [-0.39, 0.29) is 5.91 Å². The zero-order valence-corrected chi connectivity index (χ0v) is 15.9. The summed E-state index contributed by atoms with van der Waals surface area (Å²) >= 11 is 0. The number of rotatable bonds is 8. The molecule has 0 spiro atoms. The summed E-state index contributed by atoms with van der Waals surface area (Å²) in [4.78, 5) is 23.1. The number of hydrogen-bond acceptors (Lipinski definition) is 3. The van der Waals surface area contributed by atoms with Crippen LogP contribution >= 0.6 is 0 Å². The number of amides is 2. The van der Waals surface area contributed by atoms with E-state index in [9.17, 15) is 9.59 Å². The zero-order chi connectivity index (χ0) is 20.5. The van der Waals surface area contributed by atoms with Crippen LogP contribution in [0.1, 0.15) is 27.0 Å². The summed E-state index contributed by atoms with van der Waals surface area (Å²) in [6.07, 6.45) is 3.23. The molecule has 0 radical (unpaired) electrons. The maximum absolute atomic E-state index is 12.0. The molecule has 29 heavy (non-hydrogen) atoms. The average molecular weight is 386 g/mol. The lowest BCUT2D eigenvalue weighted by molar-refractivity contribution is -0.116. The third kappa shape index (κ3) is 6.36. The van der Waals surface area contributed by atoms with E-state index in [4.69, 9.17) is 10.5 Å². The molecule has 0 fully saturated rings. The molecule has 3 N–H and O–H groups in total. The highest BCUT2D eigenvalue weighted by atomic mass is 16.5. The Bertz CT molecular complexity index is 979. The van der Waals surface area contributed by atoms with Gasteiger partial charge in [-0.15, -0.1) is 0 Å². The highest BCUT2D eigenvalue weighted by molar-refractivity contribution is 5.93. The van der Waals surface area contributed by atoms with Crippen molar-refractivity contribution in [1.82, 2.24) is 5.32 Å². The number of hydrogen-bond donors (Lipinski definition) is 2. The van der Waals surface area contributed by atoms with E-state index in [1.807, 2.05) is 54.6 Å². The van der Waals surface area contributed by atoms with Crippen LogP contribution in [-0.4, -0.2) is 11.8 Å². The van der Waals surface area contributed by atoms with Crippen molar-refractivity contribution >= 4 is 17.9 Å². The lowest BCUT2D eigenvalue weighted by Crippen LogP contribution is -2.20. The smallest absolute Gasteiger partial charge is 0.248 e. The molecule has 3 aromatic rings. The predicted octanol–water partition coefficient (Wildman–Crippen LogP) is 3.69. The third-order valence-electron chi connectivity index (χ3n) is 4.26. The van der Waals surface area contributed by atoms with E-state index in [0.29, 0.717) is 18.7 Å². The van der Waals surface area contributed by atoms with Crippen LogP contribution in [0.25, 0.3) is 6.08 Å². The van der Waals surface area contributed by atoms with E-state index >= 15 is 0 Å². The number of benzene rings is 3. The molecule has 0 saturated carbocycles. The largest absolute Gasteiger partial charge is 0.489 e. The minimum absolute atomic E-state index is 0.201.